The number of anilines is 1. The number of benzene rings is 1. The summed E-state index contributed by atoms with van der Waals surface area (Å²) in [7, 11) is 0. The van der Waals surface area contributed by atoms with Crippen molar-refractivity contribution in [2.75, 3.05) is 31.1 Å². The Morgan fingerprint density at radius 1 is 1.28 bits per heavy atom. The first kappa shape index (κ1) is 17.3. The molecule has 3 rings (SSSR count). The van der Waals surface area contributed by atoms with Gasteiger partial charge in [-0.25, -0.2) is 9.78 Å². The fraction of sp³-hybridized carbons (Fsp3) is 0.353. The summed E-state index contributed by atoms with van der Waals surface area (Å²) in [5.74, 6) is 0.742. The van der Waals surface area contributed by atoms with Gasteiger partial charge in [0.2, 0.25) is 5.91 Å². The number of aryl methyl sites for hydroxylation is 1. The second-order valence-corrected chi connectivity index (χ2v) is 6.29. The molecule has 1 aliphatic rings. The first-order valence-electron chi connectivity index (χ1n) is 8.11. The molecular weight excluding hydrogens is 342 g/mol. The molecule has 1 aliphatic heterocycles. The van der Waals surface area contributed by atoms with E-state index in [1.54, 1.807) is 40.3 Å². The number of amides is 3. The number of carbonyl (C=O) groups is 2. The third kappa shape index (κ3) is 4.11. The minimum absolute atomic E-state index is 0.0613. The number of rotatable bonds is 6. The maximum absolute atomic E-state index is 12.5. The van der Waals surface area contributed by atoms with Gasteiger partial charge in [0.25, 0.3) is 0 Å². The summed E-state index contributed by atoms with van der Waals surface area (Å²) in [6.45, 7) is 4.21. The minimum Gasteiger partial charge on any atom is -0.353 e. The highest BCUT2D eigenvalue weighted by atomic mass is 35.5. The first-order valence-corrected chi connectivity index (χ1v) is 8.49. The van der Waals surface area contributed by atoms with Crippen LogP contribution in [0.15, 0.2) is 36.7 Å². The molecule has 1 fully saturated rings. The third-order valence-electron chi connectivity index (χ3n) is 4.17. The van der Waals surface area contributed by atoms with Gasteiger partial charge in [0.05, 0.1) is 0 Å². The Bertz CT molecular complexity index is 759. The van der Waals surface area contributed by atoms with Crippen LogP contribution in [0.5, 0.6) is 0 Å². The summed E-state index contributed by atoms with van der Waals surface area (Å²) >= 11 is 5.88. The van der Waals surface area contributed by atoms with E-state index in [4.69, 9.17) is 11.6 Å². The molecule has 1 saturated heterocycles. The van der Waals surface area contributed by atoms with Crippen LogP contribution in [0.1, 0.15) is 5.82 Å². The normalized spacial score (nSPS) is 14.2. The molecule has 25 heavy (non-hydrogen) atoms. The van der Waals surface area contributed by atoms with Crippen LogP contribution >= 0.6 is 11.6 Å². The molecule has 1 aromatic heterocycles. The Morgan fingerprint density at radius 2 is 2.04 bits per heavy atom. The van der Waals surface area contributed by atoms with Crippen molar-refractivity contribution in [3.8, 4) is 0 Å². The van der Waals surface area contributed by atoms with E-state index in [1.165, 1.54) is 0 Å². The molecule has 0 saturated carbocycles. The van der Waals surface area contributed by atoms with Gasteiger partial charge in [-0.15, -0.1) is 0 Å². The Balaban J connectivity index is 1.48. The number of carbonyl (C=O) groups excluding carboxylic acids is 2. The van der Waals surface area contributed by atoms with Crippen LogP contribution in [-0.2, 0) is 11.3 Å². The summed E-state index contributed by atoms with van der Waals surface area (Å²) in [4.78, 5) is 31.9. The van der Waals surface area contributed by atoms with Crippen LogP contribution in [0.2, 0.25) is 5.02 Å². The van der Waals surface area contributed by atoms with Gasteiger partial charge in [-0.05, 0) is 31.2 Å². The first-order chi connectivity index (χ1) is 12.0. The van der Waals surface area contributed by atoms with Gasteiger partial charge in [0, 0.05) is 49.3 Å². The summed E-state index contributed by atoms with van der Waals surface area (Å²) < 4.78 is 1.96. The molecule has 0 bridgehead atoms. The number of nitrogens with zero attached hydrogens (tertiary/aromatic N) is 4. The summed E-state index contributed by atoms with van der Waals surface area (Å²) in [6.07, 6.45) is 3.60. The molecule has 2 aromatic rings. The fourth-order valence-corrected chi connectivity index (χ4v) is 2.90. The molecule has 1 aromatic carbocycles. The highest BCUT2D eigenvalue weighted by Gasteiger charge is 2.30. The van der Waals surface area contributed by atoms with Gasteiger partial charge in [0.15, 0.2) is 0 Å². The summed E-state index contributed by atoms with van der Waals surface area (Å²) in [6, 6.07) is 6.94. The number of aromatic nitrogens is 2. The predicted molar refractivity (Wildman–Crippen MR) is 95.7 cm³/mol. The number of urea groups is 1. The molecule has 0 atom stereocenters. The van der Waals surface area contributed by atoms with Crippen molar-refractivity contribution >= 4 is 29.2 Å². The molecule has 0 aliphatic carbocycles. The van der Waals surface area contributed by atoms with Crippen LogP contribution in [-0.4, -0.2) is 52.6 Å². The Labute approximate surface area is 151 Å². The quantitative estimate of drug-likeness (QED) is 0.854. The average Bonchev–Trinajstić information content (AvgIpc) is 3.15. The number of imidazole rings is 1. The van der Waals surface area contributed by atoms with Gasteiger partial charge in [0.1, 0.15) is 12.4 Å². The zero-order chi connectivity index (χ0) is 17.8. The highest BCUT2D eigenvalue weighted by molar-refractivity contribution is 6.30. The second-order valence-electron chi connectivity index (χ2n) is 5.85. The Kier molecular flexibility index (Phi) is 5.23. The highest BCUT2D eigenvalue weighted by Crippen LogP contribution is 2.22. The van der Waals surface area contributed by atoms with E-state index in [9.17, 15) is 9.59 Å². The van der Waals surface area contributed by atoms with E-state index in [0.29, 0.717) is 31.2 Å². The van der Waals surface area contributed by atoms with Crippen LogP contribution in [0.3, 0.4) is 0 Å². The van der Waals surface area contributed by atoms with E-state index < -0.39 is 0 Å². The Morgan fingerprint density at radius 3 is 2.72 bits per heavy atom. The molecule has 0 spiro atoms. The minimum atomic E-state index is -0.164. The largest absolute Gasteiger partial charge is 0.353 e. The van der Waals surface area contributed by atoms with Gasteiger partial charge in [-0.3, -0.25) is 9.69 Å². The lowest BCUT2D eigenvalue weighted by molar-refractivity contribution is -0.121. The number of halogens is 1. The Hall–Kier alpha value is -2.54. The standard InChI is InChI=1S/C17H20ClN5O2/c1-13-19-6-8-21(13)9-7-20-16(24)12-22-10-11-23(17(22)25)15-4-2-14(18)3-5-15/h2-6,8H,7,9-12H2,1H3,(H,20,24). The number of hydrogen-bond donors (Lipinski definition) is 1. The van der Waals surface area contributed by atoms with Gasteiger partial charge < -0.3 is 14.8 Å². The monoisotopic (exact) mass is 361 g/mol. The van der Waals surface area contributed by atoms with Crippen molar-refractivity contribution in [3.63, 3.8) is 0 Å². The average molecular weight is 362 g/mol. The smallest absolute Gasteiger partial charge is 0.325 e. The molecule has 132 valence electrons. The molecule has 8 heteroatoms. The van der Waals surface area contributed by atoms with Crippen LogP contribution in [0.25, 0.3) is 0 Å². The lowest BCUT2D eigenvalue weighted by atomic mass is 10.3. The van der Waals surface area contributed by atoms with E-state index in [1.807, 2.05) is 17.7 Å². The maximum Gasteiger partial charge on any atom is 0.325 e. The lowest BCUT2D eigenvalue weighted by Crippen LogP contribution is -2.40. The van der Waals surface area contributed by atoms with Crippen LogP contribution < -0.4 is 10.2 Å². The number of hydrogen-bond acceptors (Lipinski definition) is 3. The predicted octanol–water partition coefficient (Wildman–Crippen LogP) is 1.90. The van der Waals surface area contributed by atoms with Crippen LogP contribution in [0, 0.1) is 6.92 Å². The topological polar surface area (TPSA) is 70.5 Å². The number of nitrogens with one attached hydrogen (secondary N) is 1. The molecule has 0 radical (unpaired) electrons. The van der Waals surface area contributed by atoms with Gasteiger partial charge in [-0.2, -0.15) is 0 Å². The van der Waals surface area contributed by atoms with E-state index in [-0.39, 0.29) is 18.5 Å². The van der Waals surface area contributed by atoms with E-state index in [2.05, 4.69) is 10.3 Å². The summed E-state index contributed by atoms with van der Waals surface area (Å²) in [5, 5.41) is 3.47. The van der Waals surface area contributed by atoms with Crippen molar-refractivity contribution in [2.45, 2.75) is 13.5 Å². The van der Waals surface area contributed by atoms with Crippen molar-refractivity contribution < 1.29 is 9.59 Å². The SMILES string of the molecule is Cc1nccn1CCNC(=O)CN1CCN(c2ccc(Cl)cc2)C1=O. The van der Waals surface area contributed by atoms with Crippen LogP contribution in [0.4, 0.5) is 10.5 Å². The van der Waals surface area contributed by atoms with Crippen molar-refractivity contribution in [1.82, 2.24) is 19.8 Å². The van der Waals surface area contributed by atoms with E-state index in [0.717, 1.165) is 11.5 Å². The molecule has 2 heterocycles. The molecule has 1 N–H and O–H groups in total. The molecule has 0 unspecified atom stereocenters. The van der Waals surface area contributed by atoms with Crippen molar-refractivity contribution in [2.24, 2.45) is 0 Å². The van der Waals surface area contributed by atoms with Gasteiger partial charge >= 0.3 is 6.03 Å². The zero-order valence-electron chi connectivity index (χ0n) is 14.0. The zero-order valence-corrected chi connectivity index (χ0v) is 14.7. The molecule has 7 nitrogen and oxygen atoms in total. The summed E-state index contributed by atoms with van der Waals surface area (Å²) in [5.41, 5.74) is 0.785. The molecule has 3 amide bonds. The maximum atomic E-state index is 12.5. The van der Waals surface area contributed by atoms with Crippen molar-refractivity contribution in [3.05, 3.63) is 47.5 Å². The third-order valence-corrected chi connectivity index (χ3v) is 4.42. The van der Waals surface area contributed by atoms with E-state index >= 15 is 0 Å². The fourth-order valence-electron chi connectivity index (χ4n) is 2.78. The van der Waals surface area contributed by atoms with Crippen molar-refractivity contribution in [1.29, 1.82) is 0 Å². The van der Waals surface area contributed by atoms with Gasteiger partial charge in [-0.1, -0.05) is 11.6 Å². The lowest BCUT2D eigenvalue weighted by Gasteiger charge is -2.18. The molecular formula is C17H20ClN5O2. The second kappa shape index (κ2) is 7.57.